The van der Waals surface area contributed by atoms with Crippen molar-refractivity contribution in [1.29, 1.82) is 0 Å². The summed E-state index contributed by atoms with van der Waals surface area (Å²) in [7, 11) is 0. The van der Waals surface area contributed by atoms with Gasteiger partial charge < -0.3 is 10.4 Å². The number of hydrogen-bond acceptors (Lipinski definition) is 2. The normalized spacial score (nSPS) is 21.9. The van der Waals surface area contributed by atoms with Crippen molar-refractivity contribution in [3.05, 3.63) is 23.2 Å². The molecule has 1 aromatic carbocycles. The lowest BCUT2D eigenvalue weighted by Crippen LogP contribution is -2.37. The molecule has 0 bridgehead atoms. The molecule has 19 heavy (non-hydrogen) atoms. The highest BCUT2D eigenvalue weighted by Crippen LogP contribution is 2.41. The third-order valence-electron chi connectivity index (χ3n) is 4.03. The summed E-state index contributed by atoms with van der Waals surface area (Å²) in [6.07, 6.45) is 4.30. The number of hydrogen-bond donors (Lipinski definition) is 2. The lowest BCUT2D eigenvalue weighted by Gasteiger charge is -2.37. The van der Waals surface area contributed by atoms with Crippen LogP contribution in [0.15, 0.2) is 18.2 Å². The van der Waals surface area contributed by atoms with E-state index in [9.17, 15) is 9.90 Å². The molecule has 1 aromatic rings. The third kappa shape index (κ3) is 3.21. The number of halogens is 1. The Kier molecular flexibility index (Phi) is 4.04. The van der Waals surface area contributed by atoms with E-state index in [-0.39, 0.29) is 23.0 Å². The molecule has 0 aromatic heterocycles. The molecule has 2 N–H and O–H groups in total. The van der Waals surface area contributed by atoms with Gasteiger partial charge >= 0.3 is 0 Å². The largest absolute Gasteiger partial charge is 0.508 e. The van der Waals surface area contributed by atoms with E-state index in [1.54, 1.807) is 6.07 Å². The van der Waals surface area contributed by atoms with Crippen molar-refractivity contribution in [2.24, 2.45) is 11.3 Å². The summed E-state index contributed by atoms with van der Waals surface area (Å²) in [4.78, 5) is 12.4. The number of anilines is 1. The van der Waals surface area contributed by atoms with E-state index in [1.165, 1.54) is 18.6 Å². The zero-order valence-corrected chi connectivity index (χ0v) is 12.1. The van der Waals surface area contributed by atoms with Crippen LogP contribution in [0, 0.1) is 11.3 Å². The lowest BCUT2D eigenvalue weighted by molar-refractivity contribution is -0.124. The predicted octanol–water partition coefficient (Wildman–Crippen LogP) is 4.20. The van der Waals surface area contributed by atoms with E-state index in [0.717, 1.165) is 19.3 Å². The number of carbonyl (C=O) groups excluding carboxylic acids is 1. The standard InChI is InChI=1S/C15H20ClNO2/c1-15(2)8-4-3-5-11(15)14(19)17-13-7-6-10(18)9-12(13)16/h6-7,9,11,18H,3-5,8H2,1-2H3,(H,17,19). The number of aromatic hydroxyl groups is 1. The first kappa shape index (κ1) is 14.2. The van der Waals surface area contributed by atoms with Gasteiger partial charge in [-0.15, -0.1) is 0 Å². The van der Waals surface area contributed by atoms with Crippen LogP contribution in [0.2, 0.25) is 5.02 Å². The Morgan fingerprint density at radius 1 is 1.42 bits per heavy atom. The Morgan fingerprint density at radius 3 is 2.79 bits per heavy atom. The second-order valence-corrected chi connectivity index (χ2v) is 6.35. The summed E-state index contributed by atoms with van der Waals surface area (Å²) in [5.41, 5.74) is 0.594. The van der Waals surface area contributed by atoms with Crippen LogP contribution >= 0.6 is 11.6 Å². The third-order valence-corrected chi connectivity index (χ3v) is 4.35. The van der Waals surface area contributed by atoms with Crippen LogP contribution in [0.5, 0.6) is 5.75 Å². The number of phenols is 1. The predicted molar refractivity (Wildman–Crippen MR) is 77.5 cm³/mol. The van der Waals surface area contributed by atoms with Crippen LogP contribution in [0.1, 0.15) is 39.5 Å². The average Bonchev–Trinajstić information content (AvgIpc) is 2.32. The molecular formula is C15H20ClNO2. The summed E-state index contributed by atoms with van der Waals surface area (Å²) in [5, 5.41) is 12.5. The van der Waals surface area contributed by atoms with Gasteiger partial charge in [0.25, 0.3) is 0 Å². The molecule has 3 nitrogen and oxygen atoms in total. The molecule has 0 heterocycles. The summed E-state index contributed by atoms with van der Waals surface area (Å²) in [6, 6.07) is 4.59. The average molecular weight is 282 g/mol. The van der Waals surface area contributed by atoms with Crippen molar-refractivity contribution >= 4 is 23.2 Å². The van der Waals surface area contributed by atoms with Crippen molar-refractivity contribution in [1.82, 2.24) is 0 Å². The molecule has 104 valence electrons. The Bertz CT molecular complexity index is 485. The van der Waals surface area contributed by atoms with E-state index in [4.69, 9.17) is 11.6 Å². The van der Waals surface area contributed by atoms with E-state index < -0.39 is 0 Å². The smallest absolute Gasteiger partial charge is 0.228 e. The van der Waals surface area contributed by atoms with Gasteiger partial charge in [-0.3, -0.25) is 4.79 Å². The quantitative estimate of drug-likeness (QED) is 0.798. The summed E-state index contributed by atoms with van der Waals surface area (Å²) in [5.74, 6) is 0.143. The van der Waals surface area contributed by atoms with Crippen LogP contribution < -0.4 is 5.32 Å². The maximum Gasteiger partial charge on any atom is 0.228 e. The molecule has 1 atom stereocenters. The van der Waals surface area contributed by atoms with Crippen LogP contribution in [-0.2, 0) is 4.79 Å². The fourth-order valence-electron chi connectivity index (χ4n) is 2.81. The lowest BCUT2D eigenvalue weighted by atomic mass is 9.68. The van der Waals surface area contributed by atoms with Gasteiger partial charge in [0, 0.05) is 12.0 Å². The summed E-state index contributed by atoms with van der Waals surface area (Å²) in [6.45, 7) is 4.30. The van der Waals surface area contributed by atoms with E-state index in [0.29, 0.717) is 10.7 Å². The first-order valence-corrected chi connectivity index (χ1v) is 7.07. The molecule has 0 aliphatic heterocycles. The monoisotopic (exact) mass is 281 g/mol. The molecule has 4 heteroatoms. The number of carbonyl (C=O) groups is 1. The van der Waals surface area contributed by atoms with Gasteiger partial charge in [-0.1, -0.05) is 38.3 Å². The molecule has 1 aliphatic carbocycles. The van der Waals surface area contributed by atoms with E-state index in [1.807, 2.05) is 0 Å². The molecule has 1 aliphatic rings. The molecule has 1 fully saturated rings. The second kappa shape index (κ2) is 5.41. The van der Waals surface area contributed by atoms with Crippen molar-refractivity contribution in [2.75, 3.05) is 5.32 Å². The maximum atomic E-state index is 12.4. The topological polar surface area (TPSA) is 49.3 Å². The fourth-order valence-corrected chi connectivity index (χ4v) is 3.03. The van der Waals surface area contributed by atoms with E-state index in [2.05, 4.69) is 19.2 Å². The molecule has 0 saturated heterocycles. The van der Waals surface area contributed by atoms with Gasteiger partial charge in [0.15, 0.2) is 0 Å². The molecule has 2 rings (SSSR count). The zero-order chi connectivity index (χ0) is 14.0. The van der Waals surface area contributed by atoms with Crippen LogP contribution in [0.3, 0.4) is 0 Å². The molecule has 0 radical (unpaired) electrons. The van der Waals surface area contributed by atoms with Crippen molar-refractivity contribution in [3.63, 3.8) is 0 Å². The SMILES string of the molecule is CC1(C)CCCCC1C(=O)Nc1ccc(O)cc1Cl. The zero-order valence-electron chi connectivity index (χ0n) is 11.4. The highest BCUT2D eigenvalue weighted by molar-refractivity contribution is 6.33. The number of nitrogens with one attached hydrogen (secondary N) is 1. The Labute approximate surface area is 119 Å². The van der Waals surface area contributed by atoms with Crippen LogP contribution in [-0.4, -0.2) is 11.0 Å². The van der Waals surface area contributed by atoms with E-state index >= 15 is 0 Å². The van der Waals surface area contributed by atoms with Crippen molar-refractivity contribution < 1.29 is 9.90 Å². The van der Waals surface area contributed by atoms with Gasteiger partial charge in [-0.05, 0) is 30.4 Å². The highest BCUT2D eigenvalue weighted by Gasteiger charge is 2.37. The van der Waals surface area contributed by atoms with Gasteiger partial charge in [0.1, 0.15) is 5.75 Å². The van der Waals surface area contributed by atoms with Crippen molar-refractivity contribution in [3.8, 4) is 5.75 Å². The summed E-state index contributed by atoms with van der Waals surface area (Å²) >= 11 is 6.01. The second-order valence-electron chi connectivity index (χ2n) is 5.94. The number of benzene rings is 1. The van der Waals surface area contributed by atoms with Crippen LogP contribution in [0.25, 0.3) is 0 Å². The minimum Gasteiger partial charge on any atom is -0.508 e. The Hall–Kier alpha value is -1.22. The molecule has 0 spiro atoms. The molecular weight excluding hydrogens is 262 g/mol. The number of rotatable bonds is 2. The maximum absolute atomic E-state index is 12.4. The summed E-state index contributed by atoms with van der Waals surface area (Å²) < 4.78 is 0. The minimum atomic E-state index is 0.0196. The Morgan fingerprint density at radius 2 is 2.16 bits per heavy atom. The van der Waals surface area contributed by atoms with Crippen LogP contribution in [0.4, 0.5) is 5.69 Å². The van der Waals surface area contributed by atoms with Gasteiger partial charge in [-0.2, -0.15) is 0 Å². The minimum absolute atomic E-state index is 0.0196. The molecule has 1 unspecified atom stereocenters. The van der Waals surface area contributed by atoms with Crippen molar-refractivity contribution in [2.45, 2.75) is 39.5 Å². The van der Waals surface area contributed by atoms with Gasteiger partial charge in [0.05, 0.1) is 10.7 Å². The van der Waals surface area contributed by atoms with Gasteiger partial charge in [0.2, 0.25) is 5.91 Å². The Balaban J connectivity index is 2.12. The highest BCUT2D eigenvalue weighted by atomic mass is 35.5. The first-order chi connectivity index (χ1) is 8.90. The first-order valence-electron chi connectivity index (χ1n) is 6.69. The fraction of sp³-hybridized carbons (Fsp3) is 0.533. The molecule has 1 saturated carbocycles. The molecule has 1 amide bonds. The number of amides is 1. The number of phenolic OH excluding ortho intramolecular Hbond substituents is 1. The van der Waals surface area contributed by atoms with Gasteiger partial charge in [-0.25, -0.2) is 0 Å².